The van der Waals surface area contributed by atoms with Gasteiger partial charge < -0.3 is 9.47 Å². The van der Waals surface area contributed by atoms with Gasteiger partial charge >= 0.3 is 0 Å². The van der Waals surface area contributed by atoms with Crippen molar-refractivity contribution in [1.29, 1.82) is 0 Å². The number of ether oxygens (including phenoxy) is 2. The molecule has 0 fully saturated rings. The Morgan fingerprint density at radius 3 is 3.04 bits per heavy atom. The third-order valence-corrected chi connectivity index (χ3v) is 4.88. The van der Waals surface area contributed by atoms with E-state index >= 15 is 0 Å². The molecule has 118 valence electrons. The minimum absolute atomic E-state index is 0.529. The van der Waals surface area contributed by atoms with Gasteiger partial charge in [-0.3, -0.25) is 4.68 Å². The molecule has 8 heteroatoms. The van der Waals surface area contributed by atoms with E-state index in [9.17, 15) is 0 Å². The molecule has 0 saturated carbocycles. The Morgan fingerprint density at radius 1 is 1.26 bits per heavy atom. The number of benzene rings is 1. The van der Waals surface area contributed by atoms with Gasteiger partial charge in [0.05, 0.1) is 16.6 Å². The molecule has 0 bridgehead atoms. The van der Waals surface area contributed by atoms with Gasteiger partial charge in [0, 0.05) is 12.8 Å². The van der Waals surface area contributed by atoms with Crippen LogP contribution in [-0.4, -0.2) is 33.0 Å². The molecule has 0 saturated heterocycles. The average Bonchev–Trinajstić information content (AvgIpc) is 2.95. The second-order valence-electron chi connectivity index (χ2n) is 5.07. The maximum absolute atomic E-state index is 6.27. The lowest BCUT2D eigenvalue weighted by atomic mass is 10.2. The molecule has 0 spiro atoms. The minimum atomic E-state index is 0.529. The summed E-state index contributed by atoms with van der Waals surface area (Å²) >= 11 is 7.89. The maximum atomic E-state index is 6.27. The highest BCUT2D eigenvalue weighted by Gasteiger charge is 2.17. The lowest BCUT2D eigenvalue weighted by Crippen LogP contribution is -2.15. The molecule has 2 aromatic heterocycles. The third kappa shape index (κ3) is 2.70. The maximum Gasteiger partial charge on any atom is 0.179 e. The van der Waals surface area contributed by atoms with E-state index < -0.39 is 0 Å². The highest BCUT2D eigenvalue weighted by Crippen LogP contribution is 2.39. The third-order valence-electron chi connectivity index (χ3n) is 3.53. The van der Waals surface area contributed by atoms with Gasteiger partial charge in [-0.1, -0.05) is 11.6 Å². The summed E-state index contributed by atoms with van der Waals surface area (Å²) in [5, 5.41) is 6.65. The van der Waals surface area contributed by atoms with E-state index in [4.69, 9.17) is 21.1 Å². The fourth-order valence-electron chi connectivity index (χ4n) is 2.45. The Kier molecular flexibility index (Phi) is 3.74. The summed E-state index contributed by atoms with van der Waals surface area (Å²) < 4.78 is 12.9. The van der Waals surface area contributed by atoms with E-state index in [-0.39, 0.29) is 0 Å². The fourth-order valence-corrected chi connectivity index (χ4v) is 3.63. The molecule has 3 heterocycles. The van der Waals surface area contributed by atoms with Crippen LogP contribution in [0.4, 0.5) is 0 Å². The SMILES string of the molecule is Cn1ncc2c(SCc3cc(Cl)c4c(c3)OCCO4)ncnc21. The number of aromatic nitrogens is 4. The molecular weight excluding hydrogens is 336 g/mol. The van der Waals surface area contributed by atoms with E-state index in [2.05, 4.69) is 15.1 Å². The van der Waals surface area contributed by atoms with Crippen LogP contribution in [0.25, 0.3) is 11.0 Å². The standard InChI is InChI=1S/C15H13ClN4O2S/c1-20-14-10(6-19-20)15(18-8-17-14)23-7-9-4-11(16)13-12(5-9)21-2-3-22-13/h4-6,8H,2-3,7H2,1H3. The number of halogens is 1. The Labute approximate surface area is 141 Å². The predicted octanol–water partition coefficient (Wildman–Crippen LogP) is 3.08. The van der Waals surface area contributed by atoms with E-state index in [1.165, 1.54) is 0 Å². The number of hydrogen-bond donors (Lipinski definition) is 0. The molecule has 23 heavy (non-hydrogen) atoms. The fraction of sp³-hybridized carbons (Fsp3) is 0.267. The molecular formula is C15H13ClN4O2S. The predicted molar refractivity (Wildman–Crippen MR) is 88.3 cm³/mol. The van der Waals surface area contributed by atoms with Gasteiger partial charge in [-0.25, -0.2) is 9.97 Å². The van der Waals surface area contributed by atoms with Crippen molar-refractivity contribution in [1.82, 2.24) is 19.7 Å². The lowest BCUT2D eigenvalue weighted by molar-refractivity contribution is 0.171. The first-order valence-electron chi connectivity index (χ1n) is 7.06. The van der Waals surface area contributed by atoms with Crippen molar-refractivity contribution < 1.29 is 9.47 Å². The highest BCUT2D eigenvalue weighted by molar-refractivity contribution is 7.98. The zero-order valence-corrected chi connectivity index (χ0v) is 13.9. The molecule has 4 rings (SSSR count). The van der Waals surface area contributed by atoms with Crippen molar-refractivity contribution in [2.24, 2.45) is 7.05 Å². The minimum Gasteiger partial charge on any atom is -0.486 e. The second kappa shape index (κ2) is 5.90. The Balaban J connectivity index is 1.60. The number of nitrogens with zero attached hydrogens (tertiary/aromatic N) is 4. The number of rotatable bonds is 3. The Hall–Kier alpha value is -1.99. The first-order valence-corrected chi connectivity index (χ1v) is 8.42. The first-order chi connectivity index (χ1) is 11.2. The van der Waals surface area contributed by atoms with Crippen LogP contribution in [0, 0.1) is 0 Å². The van der Waals surface area contributed by atoms with Crippen LogP contribution in [0.3, 0.4) is 0 Å². The van der Waals surface area contributed by atoms with Crippen LogP contribution >= 0.6 is 23.4 Å². The van der Waals surface area contributed by atoms with Gasteiger partial charge in [0.2, 0.25) is 0 Å². The molecule has 0 unspecified atom stereocenters. The summed E-state index contributed by atoms with van der Waals surface area (Å²) in [6.45, 7) is 1.07. The Morgan fingerprint density at radius 2 is 2.13 bits per heavy atom. The van der Waals surface area contributed by atoms with Crippen LogP contribution in [0.1, 0.15) is 5.56 Å². The molecule has 0 aliphatic carbocycles. The van der Waals surface area contributed by atoms with Crippen molar-refractivity contribution in [2.75, 3.05) is 13.2 Å². The summed E-state index contributed by atoms with van der Waals surface area (Å²) in [7, 11) is 1.87. The van der Waals surface area contributed by atoms with Crippen LogP contribution in [-0.2, 0) is 12.8 Å². The lowest BCUT2D eigenvalue weighted by Gasteiger charge is -2.20. The van der Waals surface area contributed by atoms with Gasteiger partial charge in [-0.2, -0.15) is 5.10 Å². The van der Waals surface area contributed by atoms with Gasteiger partial charge in [0.1, 0.15) is 24.6 Å². The number of hydrogen-bond acceptors (Lipinski definition) is 6. The van der Waals surface area contributed by atoms with Gasteiger partial charge in [-0.15, -0.1) is 11.8 Å². The van der Waals surface area contributed by atoms with Crippen LogP contribution < -0.4 is 9.47 Å². The van der Waals surface area contributed by atoms with Gasteiger partial charge in [0.25, 0.3) is 0 Å². The van der Waals surface area contributed by atoms with Crippen molar-refractivity contribution in [3.05, 3.63) is 35.2 Å². The zero-order valence-electron chi connectivity index (χ0n) is 12.3. The number of aryl methyl sites for hydroxylation is 1. The summed E-state index contributed by atoms with van der Waals surface area (Å²) in [4.78, 5) is 8.60. The largest absolute Gasteiger partial charge is 0.486 e. The van der Waals surface area contributed by atoms with Crippen molar-refractivity contribution >= 4 is 34.4 Å². The summed E-state index contributed by atoms with van der Waals surface area (Å²) in [5.41, 5.74) is 1.88. The molecule has 1 aliphatic rings. The molecule has 0 atom stereocenters. The molecule has 1 aromatic carbocycles. The van der Waals surface area contributed by atoms with Gasteiger partial charge in [0.15, 0.2) is 17.1 Å². The van der Waals surface area contributed by atoms with E-state index in [0.29, 0.717) is 29.7 Å². The molecule has 6 nitrogen and oxygen atoms in total. The summed E-state index contributed by atoms with van der Waals surface area (Å²) in [6.07, 6.45) is 3.34. The van der Waals surface area contributed by atoms with Crippen molar-refractivity contribution in [2.45, 2.75) is 10.8 Å². The quantitative estimate of drug-likeness (QED) is 0.535. The van der Waals surface area contributed by atoms with Gasteiger partial charge in [-0.05, 0) is 17.7 Å². The topological polar surface area (TPSA) is 62.1 Å². The normalized spacial score (nSPS) is 13.5. The molecule has 1 aliphatic heterocycles. The summed E-state index contributed by atoms with van der Waals surface area (Å²) in [6, 6.07) is 3.87. The molecule has 0 amide bonds. The average molecular weight is 349 g/mol. The highest BCUT2D eigenvalue weighted by atomic mass is 35.5. The smallest absolute Gasteiger partial charge is 0.179 e. The van der Waals surface area contributed by atoms with Crippen molar-refractivity contribution in [3.8, 4) is 11.5 Å². The monoisotopic (exact) mass is 348 g/mol. The van der Waals surface area contributed by atoms with Crippen LogP contribution in [0.15, 0.2) is 29.7 Å². The van der Waals surface area contributed by atoms with Crippen LogP contribution in [0.2, 0.25) is 5.02 Å². The molecule has 0 radical (unpaired) electrons. The Bertz CT molecular complexity index is 883. The molecule has 0 N–H and O–H groups in total. The zero-order chi connectivity index (χ0) is 15.8. The summed E-state index contributed by atoms with van der Waals surface area (Å²) in [5.74, 6) is 2.05. The van der Waals surface area contributed by atoms with Crippen LogP contribution in [0.5, 0.6) is 11.5 Å². The molecule has 3 aromatic rings. The van der Waals surface area contributed by atoms with Crippen molar-refractivity contribution in [3.63, 3.8) is 0 Å². The number of thioether (sulfide) groups is 1. The van der Waals surface area contributed by atoms with E-state index in [1.54, 1.807) is 29.0 Å². The van der Waals surface area contributed by atoms with E-state index in [0.717, 1.165) is 27.4 Å². The second-order valence-corrected chi connectivity index (χ2v) is 6.45. The number of fused-ring (bicyclic) bond motifs is 2. The van der Waals surface area contributed by atoms with E-state index in [1.807, 2.05) is 19.2 Å². The first kappa shape index (κ1) is 14.6.